The molecule has 0 radical (unpaired) electrons. The number of halogens is 1. The van der Waals surface area contributed by atoms with E-state index in [1.165, 1.54) is 58.9 Å². The molecule has 41 heavy (non-hydrogen) atoms. The number of nitrogens with zero attached hydrogens (tertiary/aromatic N) is 4. The second-order valence-electron chi connectivity index (χ2n) is 10.3. The smallest absolute Gasteiger partial charge is 0.150 e. The molecule has 1 aliphatic heterocycles. The highest BCUT2D eigenvalue weighted by Gasteiger charge is 2.15. The van der Waals surface area contributed by atoms with Crippen LogP contribution in [0.2, 0.25) is 0 Å². The minimum atomic E-state index is -0.340. The first kappa shape index (κ1) is 30.1. The number of aldehydes is 1. The van der Waals surface area contributed by atoms with Gasteiger partial charge in [-0.25, -0.2) is 14.4 Å². The Balaban J connectivity index is 1.37. The molecule has 0 unspecified atom stereocenters. The molecule has 0 spiro atoms. The van der Waals surface area contributed by atoms with Gasteiger partial charge in [-0.05, 0) is 73.8 Å². The van der Waals surface area contributed by atoms with Gasteiger partial charge in [-0.2, -0.15) is 0 Å². The Morgan fingerprint density at radius 3 is 2.51 bits per heavy atom. The number of amidine groups is 2. The highest BCUT2D eigenvalue weighted by atomic mass is 32.1. The van der Waals surface area contributed by atoms with Crippen molar-refractivity contribution in [1.82, 2.24) is 15.1 Å². The van der Waals surface area contributed by atoms with Crippen molar-refractivity contribution < 1.29 is 9.18 Å². The number of hydrogen-bond donors (Lipinski definition) is 1. The average Bonchev–Trinajstić information content (AvgIpc) is 3.65. The fraction of sp³-hybridized carbons (Fsp3) is 0.303. The summed E-state index contributed by atoms with van der Waals surface area (Å²) in [7, 11) is 3.78. The lowest BCUT2D eigenvalue weighted by Crippen LogP contribution is -2.22. The molecule has 0 bridgehead atoms. The van der Waals surface area contributed by atoms with Gasteiger partial charge >= 0.3 is 0 Å². The molecule has 6 nitrogen and oxygen atoms in total. The molecular formula is C33H38FN5OS. The molecule has 3 aromatic rings. The third-order valence-corrected chi connectivity index (χ3v) is 8.04. The first-order valence-electron chi connectivity index (χ1n) is 13.9. The van der Waals surface area contributed by atoms with E-state index < -0.39 is 0 Å². The van der Waals surface area contributed by atoms with Crippen LogP contribution in [0.5, 0.6) is 0 Å². The summed E-state index contributed by atoms with van der Waals surface area (Å²) in [5.41, 5.74) is 3.83. The van der Waals surface area contributed by atoms with Crippen LogP contribution >= 0.6 is 11.3 Å². The van der Waals surface area contributed by atoms with E-state index in [0.29, 0.717) is 35.8 Å². The molecule has 1 N–H and O–H groups in total. The maximum atomic E-state index is 13.3. The fourth-order valence-electron chi connectivity index (χ4n) is 4.74. The summed E-state index contributed by atoms with van der Waals surface area (Å²) < 4.78 is 13.3. The Labute approximate surface area is 246 Å². The van der Waals surface area contributed by atoms with Crippen molar-refractivity contribution in [3.63, 3.8) is 0 Å². The number of benzene rings is 2. The minimum Gasteiger partial charge on any atom is -0.366 e. The van der Waals surface area contributed by atoms with Crippen molar-refractivity contribution in [2.75, 3.05) is 27.2 Å². The normalized spacial score (nSPS) is 14.8. The van der Waals surface area contributed by atoms with Gasteiger partial charge in [-0.1, -0.05) is 49.1 Å². The molecular weight excluding hydrogens is 533 g/mol. The molecule has 0 aliphatic carbocycles. The average molecular weight is 572 g/mol. The lowest BCUT2D eigenvalue weighted by Gasteiger charge is -2.17. The van der Waals surface area contributed by atoms with E-state index in [4.69, 9.17) is 0 Å². The quantitative estimate of drug-likeness (QED) is 0.120. The summed E-state index contributed by atoms with van der Waals surface area (Å²) in [4.78, 5) is 27.7. The third-order valence-electron chi connectivity index (χ3n) is 6.92. The number of allylic oxidation sites excluding steroid dienone is 1. The van der Waals surface area contributed by atoms with Crippen molar-refractivity contribution in [2.45, 2.75) is 39.3 Å². The lowest BCUT2D eigenvalue weighted by atomic mass is 10.1. The van der Waals surface area contributed by atoms with E-state index in [1.807, 2.05) is 25.9 Å². The topological polar surface area (TPSA) is 60.3 Å². The minimum absolute atomic E-state index is 0.340. The molecule has 2 heterocycles. The van der Waals surface area contributed by atoms with E-state index >= 15 is 0 Å². The zero-order valence-corrected chi connectivity index (χ0v) is 24.9. The van der Waals surface area contributed by atoms with Gasteiger partial charge in [0.15, 0.2) is 0 Å². The van der Waals surface area contributed by atoms with E-state index in [0.717, 1.165) is 18.7 Å². The molecule has 0 amide bonds. The number of rotatable bonds is 11. The summed E-state index contributed by atoms with van der Waals surface area (Å²) in [6, 6.07) is 18.9. The van der Waals surface area contributed by atoms with Gasteiger partial charge in [0.05, 0.1) is 6.54 Å². The largest absolute Gasteiger partial charge is 0.366 e. The lowest BCUT2D eigenvalue weighted by molar-refractivity contribution is -0.103. The molecule has 214 valence electrons. The van der Waals surface area contributed by atoms with Crippen molar-refractivity contribution in [3.05, 3.63) is 101 Å². The second kappa shape index (κ2) is 14.7. The van der Waals surface area contributed by atoms with Crippen LogP contribution in [0.4, 0.5) is 4.39 Å². The van der Waals surface area contributed by atoms with Crippen LogP contribution < -0.4 is 5.32 Å². The van der Waals surface area contributed by atoms with Gasteiger partial charge in [0.2, 0.25) is 0 Å². The Morgan fingerprint density at radius 1 is 1.07 bits per heavy atom. The number of aliphatic imine (C=N–C) groups is 2. The predicted octanol–water partition coefficient (Wildman–Crippen LogP) is 6.76. The number of carbonyl (C=O) groups is 1. The summed E-state index contributed by atoms with van der Waals surface area (Å²) in [5.74, 6) is 1.48. The molecule has 1 aromatic heterocycles. The second-order valence-corrected chi connectivity index (χ2v) is 11.4. The predicted molar refractivity (Wildman–Crippen MR) is 170 cm³/mol. The maximum absolute atomic E-state index is 13.3. The van der Waals surface area contributed by atoms with Crippen LogP contribution in [0.25, 0.3) is 16.0 Å². The number of likely N-dealkylation sites (tertiary alicyclic amines) is 1. The van der Waals surface area contributed by atoms with Crippen LogP contribution in [0.15, 0.2) is 89.1 Å². The molecule has 1 aliphatic rings. The van der Waals surface area contributed by atoms with Crippen LogP contribution in [0.1, 0.15) is 42.2 Å². The highest BCUT2D eigenvalue weighted by Crippen LogP contribution is 2.32. The van der Waals surface area contributed by atoms with Crippen LogP contribution in [0.3, 0.4) is 0 Å². The molecule has 4 rings (SSSR count). The molecule has 1 fully saturated rings. The summed E-state index contributed by atoms with van der Waals surface area (Å²) >= 11 is 1.78. The Bertz CT molecular complexity index is 1430. The van der Waals surface area contributed by atoms with Gasteiger partial charge in [-0.15, -0.1) is 11.3 Å². The van der Waals surface area contributed by atoms with Gasteiger partial charge in [-0.3, -0.25) is 9.69 Å². The van der Waals surface area contributed by atoms with E-state index in [2.05, 4.69) is 63.2 Å². The first-order chi connectivity index (χ1) is 19.8. The fourth-order valence-corrected chi connectivity index (χ4v) is 5.75. The number of hydrogen-bond acceptors (Lipinski definition) is 5. The van der Waals surface area contributed by atoms with Crippen LogP contribution in [-0.4, -0.2) is 54.9 Å². The zero-order chi connectivity index (χ0) is 29.2. The summed E-state index contributed by atoms with van der Waals surface area (Å²) in [6.45, 7) is 9.88. The van der Waals surface area contributed by atoms with Gasteiger partial charge < -0.3 is 10.2 Å². The standard InChI is InChI=1S/C33H38FN5OS/c1-24(36-25(2)37-33(38(3)4)18-13-28(23-40)26-11-14-29(34)15-12-26)35-21-30-16-17-32(41-30)31-10-6-5-9-27(31)22-39-19-7-8-20-39/h5-6,9-17,23,35H,1,7-8,18-22H2,2-4H3/b28-13+,36-25-,37-33+. The molecule has 2 aromatic carbocycles. The van der Waals surface area contributed by atoms with Crippen molar-refractivity contribution in [3.8, 4) is 10.4 Å². The highest BCUT2D eigenvalue weighted by molar-refractivity contribution is 7.15. The van der Waals surface area contributed by atoms with E-state index in [1.54, 1.807) is 29.5 Å². The van der Waals surface area contributed by atoms with Crippen molar-refractivity contribution in [2.24, 2.45) is 9.98 Å². The Kier molecular flexibility index (Phi) is 10.8. The molecule has 1 saturated heterocycles. The van der Waals surface area contributed by atoms with Gasteiger partial charge in [0, 0.05) is 42.4 Å². The third kappa shape index (κ3) is 8.80. The van der Waals surface area contributed by atoms with E-state index in [-0.39, 0.29) is 5.82 Å². The first-order valence-corrected chi connectivity index (χ1v) is 14.7. The molecule has 0 atom stereocenters. The van der Waals surface area contributed by atoms with Gasteiger partial charge in [0.25, 0.3) is 0 Å². The Morgan fingerprint density at radius 2 is 1.80 bits per heavy atom. The summed E-state index contributed by atoms with van der Waals surface area (Å²) in [5, 5.41) is 3.30. The maximum Gasteiger partial charge on any atom is 0.150 e. The van der Waals surface area contributed by atoms with E-state index in [9.17, 15) is 9.18 Å². The number of nitrogens with one attached hydrogen (secondary N) is 1. The molecule has 0 saturated carbocycles. The summed E-state index contributed by atoms with van der Waals surface area (Å²) in [6.07, 6.45) is 5.56. The van der Waals surface area contributed by atoms with Crippen LogP contribution in [0, 0.1) is 5.82 Å². The SMILES string of the molecule is C=C(/N=C(C)\N=C(/C/C=C(\C=O)c1ccc(F)cc1)N(C)C)NCc1ccc(-c2ccccc2CN2CCCC2)s1. The monoisotopic (exact) mass is 571 g/mol. The van der Waals surface area contributed by atoms with Crippen molar-refractivity contribution >= 4 is 34.9 Å². The molecule has 8 heteroatoms. The number of carbonyl (C=O) groups excluding carboxylic acids is 1. The van der Waals surface area contributed by atoms with Crippen LogP contribution in [-0.2, 0) is 17.9 Å². The zero-order valence-electron chi connectivity index (χ0n) is 24.1. The van der Waals surface area contributed by atoms with Gasteiger partial charge in [0.1, 0.15) is 29.6 Å². The van der Waals surface area contributed by atoms with Crippen molar-refractivity contribution in [1.29, 1.82) is 0 Å². The number of thiophene rings is 1. The Hall–Kier alpha value is -3.88.